The second-order valence-electron chi connectivity index (χ2n) is 4.69. The molecule has 0 saturated heterocycles. The quantitative estimate of drug-likeness (QED) is 0.604. The molecule has 2 N–H and O–H groups in total. The van der Waals surface area contributed by atoms with Crippen molar-refractivity contribution >= 4 is 17.6 Å². The first-order valence-electron chi connectivity index (χ1n) is 6.07. The van der Waals surface area contributed by atoms with Crippen molar-refractivity contribution in [1.29, 1.82) is 0 Å². The van der Waals surface area contributed by atoms with E-state index in [0.29, 0.717) is 0 Å². The Hall–Kier alpha value is -2.44. The third-order valence-electron chi connectivity index (χ3n) is 2.79. The van der Waals surface area contributed by atoms with Crippen LogP contribution in [0.4, 0.5) is 5.69 Å². The molecule has 7 heteroatoms. The van der Waals surface area contributed by atoms with Crippen molar-refractivity contribution < 1.29 is 19.6 Å². The van der Waals surface area contributed by atoms with Gasteiger partial charge in [0.15, 0.2) is 0 Å². The first kappa shape index (κ1) is 15.6. The zero-order valence-electron chi connectivity index (χ0n) is 11.2. The van der Waals surface area contributed by atoms with Gasteiger partial charge in [-0.3, -0.25) is 14.9 Å². The second-order valence-corrected chi connectivity index (χ2v) is 4.69. The number of para-hydroxylation sites is 1. The van der Waals surface area contributed by atoms with Gasteiger partial charge in [-0.15, -0.1) is 0 Å². The maximum Gasteiger partial charge on any atom is 0.326 e. The number of carboxylic acid groups (broad SMARTS) is 1. The molecule has 1 atom stereocenters. The number of amides is 1. The first-order valence-corrected chi connectivity index (χ1v) is 6.07. The summed E-state index contributed by atoms with van der Waals surface area (Å²) in [5.41, 5.74) is 0.0990. The Morgan fingerprint density at radius 3 is 2.45 bits per heavy atom. The Balaban J connectivity index is 2.81. The van der Waals surface area contributed by atoms with Gasteiger partial charge in [0, 0.05) is 11.6 Å². The Morgan fingerprint density at radius 1 is 1.35 bits per heavy atom. The molecule has 1 aromatic rings. The lowest BCUT2D eigenvalue weighted by Crippen LogP contribution is -2.44. The number of carbonyl (C=O) groups excluding carboxylic acids is 1. The standard InChI is InChI=1S/C13H16N2O5/c1-8(2)12(13(17)18)14-11(16)7-9-5-3-4-6-10(9)15(19)20/h3-6,8,12H,7H2,1-2H3,(H,14,16)(H,17,18)/t12-/m0/s1. The predicted octanol–water partition coefficient (Wildman–Crippen LogP) is 1.36. The van der Waals surface area contributed by atoms with E-state index in [-0.39, 0.29) is 23.6 Å². The van der Waals surface area contributed by atoms with Crippen LogP contribution in [0.15, 0.2) is 24.3 Å². The molecule has 0 aliphatic carbocycles. The topological polar surface area (TPSA) is 110 Å². The lowest BCUT2D eigenvalue weighted by molar-refractivity contribution is -0.385. The molecular weight excluding hydrogens is 264 g/mol. The van der Waals surface area contributed by atoms with E-state index in [1.807, 2.05) is 0 Å². The number of rotatable bonds is 6. The normalized spacial score (nSPS) is 11.9. The highest BCUT2D eigenvalue weighted by Crippen LogP contribution is 2.18. The number of carboxylic acids is 1. The van der Waals surface area contributed by atoms with Crippen molar-refractivity contribution in [2.24, 2.45) is 5.92 Å². The molecule has 1 amide bonds. The number of carbonyl (C=O) groups is 2. The summed E-state index contributed by atoms with van der Waals surface area (Å²) in [5, 5.41) is 22.2. The fraction of sp³-hybridized carbons (Fsp3) is 0.385. The largest absolute Gasteiger partial charge is 0.480 e. The van der Waals surface area contributed by atoms with Gasteiger partial charge in [-0.1, -0.05) is 32.0 Å². The summed E-state index contributed by atoms with van der Waals surface area (Å²) in [7, 11) is 0. The van der Waals surface area contributed by atoms with E-state index >= 15 is 0 Å². The second kappa shape index (κ2) is 6.65. The molecule has 20 heavy (non-hydrogen) atoms. The molecule has 108 valence electrons. The third-order valence-corrected chi connectivity index (χ3v) is 2.79. The van der Waals surface area contributed by atoms with E-state index in [9.17, 15) is 19.7 Å². The molecule has 0 radical (unpaired) electrons. The Labute approximate surface area is 115 Å². The summed E-state index contributed by atoms with van der Waals surface area (Å²) in [6.45, 7) is 3.34. The molecule has 0 bridgehead atoms. The lowest BCUT2D eigenvalue weighted by atomic mass is 10.0. The molecule has 0 spiro atoms. The smallest absolute Gasteiger partial charge is 0.326 e. The first-order chi connectivity index (χ1) is 9.32. The Kier molecular flexibility index (Phi) is 5.19. The van der Waals surface area contributed by atoms with Crippen LogP contribution in [0.2, 0.25) is 0 Å². The highest BCUT2D eigenvalue weighted by molar-refractivity contribution is 5.85. The number of nitrogens with zero attached hydrogens (tertiary/aromatic N) is 1. The van der Waals surface area contributed by atoms with Gasteiger partial charge in [-0.05, 0) is 5.92 Å². The van der Waals surface area contributed by atoms with E-state index in [1.54, 1.807) is 19.9 Å². The van der Waals surface area contributed by atoms with E-state index < -0.39 is 22.8 Å². The summed E-state index contributed by atoms with van der Waals surface area (Å²) in [6, 6.07) is 4.87. The minimum absolute atomic E-state index is 0.154. The summed E-state index contributed by atoms with van der Waals surface area (Å²) in [6.07, 6.45) is -0.229. The number of hydrogen-bond acceptors (Lipinski definition) is 4. The number of aliphatic carboxylic acids is 1. The van der Waals surface area contributed by atoms with Gasteiger partial charge in [0.05, 0.1) is 11.3 Å². The van der Waals surface area contributed by atoms with Crippen molar-refractivity contribution in [3.8, 4) is 0 Å². The van der Waals surface area contributed by atoms with Crippen LogP contribution in [-0.4, -0.2) is 27.9 Å². The van der Waals surface area contributed by atoms with Crippen molar-refractivity contribution in [2.45, 2.75) is 26.3 Å². The molecule has 0 aliphatic heterocycles. The number of nitro benzene ring substituents is 1. The molecule has 1 aromatic carbocycles. The summed E-state index contributed by atoms with van der Waals surface area (Å²) in [5.74, 6) is -1.96. The number of hydrogen-bond donors (Lipinski definition) is 2. The highest BCUT2D eigenvalue weighted by atomic mass is 16.6. The number of benzene rings is 1. The van der Waals surface area contributed by atoms with Crippen LogP contribution < -0.4 is 5.32 Å². The third kappa shape index (κ3) is 4.04. The van der Waals surface area contributed by atoms with Gasteiger partial charge in [-0.25, -0.2) is 4.79 Å². The Morgan fingerprint density at radius 2 is 1.95 bits per heavy atom. The maximum atomic E-state index is 11.8. The average Bonchev–Trinajstić information content (AvgIpc) is 2.35. The van der Waals surface area contributed by atoms with Gasteiger partial charge in [-0.2, -0.15) is 0 Å². The summed E-state index contributed by atoms with van der Waals surface area (Å²) < 4.78 is 0. The van der Waals surface area contributed by atoms with Gasteiger partial charge in [0.25, 0.3) is 5.69 Å². The van der Waals surface area contributed by atoms with Crippen LogP contribution >= 0.6 is 0 Å². The molecular formula is C13H16N2O5. The molecule has 0 heterocycles. The van der Waals surface area contributed by atoms with E-state index in [4.69, 9.17) is 5.11 Å². The van der Waals surface area contributed by atoms with Crippen molar-refractivity contribution in [1.82, 2.24) is 5.32 Å². The van der Waals surface area contributed by atoms with Crippen LogP contribution in [0.5, 0.6) is 0 Å². The zero-order valence-corrected chi connectivity index (χ0v) is 11.2. The monoisotopic (exact) mass is 280 g/mol. The molecule has 0 unspecified atom stereocenters. The Bertz CT molecular complexity index is 527. The van der Waals surface area contributed by atoms with Crippen molar-refractivity contribution in [3.63, 3.8) is 0 Å². The molecule has 0 aromatic heterocycles. The average molecular weight is 280 g/mol. The number of nitrogens with one attached hydrogen (secondary N) is 1. The van der Waals surface area contributed by atoms with Crippen LogP contribution in [0.25, 0.3) is 0 Å². The molecule has 0 fully saturated rings. The van der Waals surface area contributed by atoms with Crippen molar-refractivity contribution in [2.75, 3.05) is 0 Å². The van der Waals surface area contributed by atoms with Gasteiger partial charge in [0.1, 0.15) is 6.04 Å². The van der Waals surface area contributed by atoms with Crippen LogP contribution in [0, 0.1) is 16.0 Å². The van der Waals surface area contributed by atoms with Crippen molar-refractivity contribution in [3.05, 3.63) is 39.9 Å². The van der Waals surface area contributed by atoms with Gasteiger partial charge >= 0.3 is 5.97 Å². The van der Waals surface area contributed by atoms with E-state index in [1.165, 1.54) is 18.2 Å². The fourth-order valence-corrected chi connectivity index (χ4v) is 1.75. The molecule has 1 rings (SSSR count). The molecule has 0 aliphatic rings. The summed E-state index contributed by atoms with van der Waals surface area (Å²) >= 11 is 0. The minimum Gasteiger partial charge on any atom is -0.480 e. The maximum absolute atomic E-state index is 11.8. The number of nitro groups is 1. The SMILES string of the molecule is CC(C)[C@H](NC(=O)Cc1ccccc1[N+](=O)[O-])C(=O)O. The van der Waals surface area contributed by atoms with Gasteiger partial charge in [0.2, 0.25) is 5.91 Å². The summed E-state index contributed by atoms with van der Waals surface area (Å²) in [4.78, 5) is 33.0. The van der Waals surface area contributed by atoms with E-state index in [0.717, 1.165) is 0 Å². The predicted molar refractivity (Wildman–Crippen MR) is 71.2 cm³/mol. The van der Waals surface area contributed by atoms with Crippen LogP contribution in [-0.2, 0) is 16.0 Å². The molecule has 0 saturated carbocycles. The highest BCUT2D eigenvalue weighted by Gasteiger charge is 2.24. The van der Waals surface area contributed by atoms with Crippen LogP contribution in [0.3, 0.4) is 0 Å². The molecule has 7 nitrogen and oxygen atoms in total. The van der Waals surface area contributed by atoms with E-state index in [2.05, 4.69) is 5.32 Å². The zero-order chi connectivity index (χ0) is 15.3. The fourth-order valence-electron chi connectivity index (χ4n) is 1.75. The van der Waals surface area contributed by atoms with Crippen LogP contribution in [0.1, 0.15) is 19.4 Å². The van der Waals surface area contributed by atoms with Gasteiger partial charge < -0.3 is 10.4 Å². The minimum atomic E-state index is -1.13. The lowest BCUT2D eigenvalue weighted by Gasteiger charge is -2.17.